The molecule has 4 N–H and O–H groups in total. The third kappa shape index (κ3) is 4.59. The van der Waals surface area contributed by atoms with Crippen molar-refractivity contribution in [3.63, 3.8) is 0 Å². The summed E-state index contributed by atoms with van der Waals surface area (Å²) in [7, 11) is 0. The van der Waals surface area contributed by atoms with E-state index in [1.807, 2.05) is 0 Å². The third-order valence-electron chi connectivity index (χ3n) is 2.92. The van der Waals surface area contributed by atoms with Crippen molar-refractivity contribution in [3.8, 4) is 5.75 Å². The van der Waals surface area contributed by atoms with E-state index in [4.69, 9.17) is 5.73 Å². The molecular formula is C12H11N7NaO5+. The Kier molecular flexibility index (Phi) is 6.73. The number of imidazole rings is 1. The fraction of sp³-hybridized carbons (Fsp3) is 0.0833. The number of hydrogen-bond acceptors (Lipinski definition) is 9. The standard InChI is InChI=1S/C7H6N2O5.C5H5N5.Na/c1-4-2-5(8(11)12)3-6(7(4)10)9(13)14;6-4-3-5(9-1-7-3)10-2-8-4;/h2-3,10H,1H3;1-2H,(H3,6,7,8,9,10);/q;;+1. The zero-order valence-electron chi connectivity index (χ0n) is 13.2. The summed E-state index contributed by atoms with van der Waals surface area (Å²) in [6.45, 7) is 1.36. The van der Waals surface area contributed by atoms with Gasteiger partial charge in [-0.2, -0.15) is 0 Å². The molecule has 3 rings (SSSR count). The molecule has 0 aliphatic carbocycles. The second-order valence-electron chi connectivity index (χ2n) is 4.50. The molecule has 1 aromatic carbocycles. The van der Waals surface area contributed by atoms with Gasteiger partial charge in [-0.25, -0.2) is 15.0 Å². The van der Waals surface area contributed by atoms with Crippen LogP contribution < -0.4 is 35.3 Å². The first kappa shape index (κ1) is 20.2. The van der Waals surface area contributed by atoms with E-state index in [0.29, 0.717) is 17.0 Å². The van der Waals surface area contributed by atoms with E-state index in [2.05, 4.69) is 19.9 Å². The van der Waals surface area contributed by atoms with Crippen LogP contribution in [0.25, 0.3) is 11.2 Å². The summed E-state index contributed by atoms with van der Waals surface area (Å²) in [6.07, 6.45) is 2.94. The number of H-pyrrole nitrogens is 1. The molecule has 12 nitrogen and oxygen atoms in total. The molecule has 0 bridgehead atoms. The molecule has 0 saturated carbocycles. The second kappa shape index (κ2) is 8.32. The minimum atomic E-state index is -0.866. The molecule has 25 heavy (non-hydrogen) atoms. The van der Waals surface area contributed by atoms with Gasteiger partial charge in [-0.3, -0.25) is 20.2 Å². The maximum absolute atomic E-state index is 10.4. The van der Waals surface area contributed by atoms with Gasteiger partial charge in [0.25, 0.3) is 5.69 Å². The summed E-state index contributed by atoms with van der Waals surface area (Å²) in [4.78, 5) is 33.5. The minimum Gasteiger partial charge on any atom is -0.502 e. The number of fused-ring (bicyclic) bond motifs is 1. The number of anilines is 1. The fourth-order valence-electron chi connectivity index (χ4n) is 1.77. The number of nitrogens with one attached hydrogen (secondary N) is 1. The van der Waals surface area contributed by atoms with Gasteiger partial charge in [-0.1, -0.05) is 0 Å². The Bertz CT molecular complexity index is 929. The number of benzene rings is 1. The normalized spacial score (nSPS) is 9.64. The number of nitrogens with zero attached hydrogens (tertiary/aromatic N) is 5. The number of rotatable bonds is 2. The number of phenols is 1. The molecule has 124 valence electrons. The quantitative estimate of drug-likeness (QED) is 0.277. The van der Waals surface area contributed by atoms with Gasteiger partial charge in [0.1, 0.15) is 11.8 Å². The van der Waals surface area contributed by atoms with Crippen LogP contribution in [0.1, 0.15) is 5.56 Å². The SMILES string of the molecule is Cc1cc([N+](=O)[O-])cc([N+](=O)[O-])c1O.Nc1ncnc2[nH]cnc12.[Na+]. The van der Waals surface area contributed by atoms with E-state index < -0.39 is 27.0 Å². The number of aromatic nitrogens is 4. The number of phenolic OH excluding ortho intramolecular Hbond substituents is 1. The number of aromatic hydroxyl groups is 1. The second-order valence-corrected chi connectivity index (χ2v) is 4.50. The zero-order valence-corrected chi connectivity index (χ0v) is 15.2. The van der Waals surface area contributed by atoms with Crippen molar-refractivity contribution in [1.29, 1.82) is 0 Å². The van der Waals surface area contributed by atoms with Crippen molar-refractivity contribution in [2.75, 3.05) is 5.73 Å². The van der Waals surface area contributed by atoms with Crippen LogP contribution in [0, 0.1) is 27.2 Å². The first-order chi connectivity index (χ1) is 11.3. The van der Waals surface area contributed by atoms with Gasteiger partial charge in [0.05, 0.1) is 22.2 Å². The van der Waals surface area contributed by atoms with Gasteiger partial charge in [0.15, 0.2) is 17.2 Å². The fourth-order valence-corrected chi connectivity index (χ4v) is 1.77. The predicted octanol–water partition coefficient (Wildman–Crippen LogP) is -1.54. The number of non-ortho nitro benzene ring substituents is 1. The van der Waals surface area contributed by atoms with Gasteiger partial charge in [0, 0.05) is 11.6 Å². The Labute approximate surface area is 161 Å². The van der Waals surface area contributed by atoms with E-state index in [0.717, 1.165) is 12.1 Å². The Morgan fingerprint density at radius 3 is 2.40 bits per heavy atom. The number of nitrogens with two attached hydrogens (primary N) is 1. The molecule has 13 heteroatoms. The zero-order chi connectivity index (χ0) is 17.9. The van der Waals surface area contributed by atoms with Crippen LogP contribution in [0.3, 0.4) is 0 Å². The summed E-state index contributed by atoms with van der Waals surface area (Å²) in [5, 5.41) is 29.9. The maximum Gasteiger partial charge on any atom is 1.00 e. The Morgan fingerprint density at radius 1 is 1.16 bits per heavy atom. The number of aryl methyl sites for hydroxylation is 1. The molecule has 0 fully saturated rings. The number of nitrogen functional groups attached to an aromatic ring is 1. The molecule has 0 unspecified atom stereocenters. The molecular weight excluding hydrogens is 345 g/mol. The number of nitro benzene ring substituents is 2. The first-order valence-corrected chi connectivity index (χ1v) is 6.33. The van der Waals surface area contributed by atoms with Gasteiger partial charge in [0.2, 0.25) is 0 Å². The van der Waals surface area contributed by atoms with Gasteiger partial charge in [-0.15, -0.1) is 0 Å². The maximum atomic E-state index is 10.4. The average Bonchev–Trinajstić information content (AvgIpc) is 3.00. The Morgan fingerprint density at radius 2 is 1.84 bits per heavy atom. The minimum absolute atomic E-state index is 0. The molecule has 0 aliphatic heterocycles. The summed E-state index contributed by atoms with van der Waals surface area (Å²) >= 11 is 0. The van der Waals surface area contributed by atoms with Gasteiger partial charge in [-0.05, 0) is 6.92 Å². The molecule has 3 aromatic rings. The topological polar surface area (TPSA) is 187 Å². The van der Waals surface area contributed by atoms with Crippen molar-refractivity contribution in [2.24, 2.45) is 0 Å². The molecule has 0 saturated heterocycles. The summed E-state index contributed by atoms with van der Waals surface area (Å²) in [6, 6.07) is 1.80. The molecule has 0 aliphatic rings. The van der Waals surface area contributed by atoms with E-state index in [9.17, 15) is 25.3 Å². The van der Waals surface area contributed by atoms with Crippen LogP contribution in [-0.4, -0.2) is 34.9 Å². The number of nitro groups is 2. The van der Waals surface area contributed by atoms with E-state index >= 15 is 0 Å². The largest absolute Gasteiger partial charge is 1.00 e. The number of aromatic amines is 1. The molecule has 2 heterocycles. The average molecular weight is 356 g/mol. The summed E-state index contributed by atoms with van der Waals surface area (Å²) in [5.74, 6) is -0.133. The summed E-state index contributed by atoms with van der Waals surface area (Å²) < 4.78 is 0. The predicted molar refractivity (Wildman–Crippen MR) is 82.2 cm³/mol. The van der Waals surface area contributed by atoms with Crippen LogP contribution in [0.5, 0.6) is 5.75 Å². The van der Waals surface area contributed by atoms with Crippen LogP contribution in [0.2, 0.25) is 0 Å². The Balaban J connectivity index is 0.000000251. The molecule has 0 amide bonds. The molecule has 0 spiro atoms. The van der Waals surface area contributed by atoms with Crippen molar-refractivity contribution in [1.82, 2.24) is 19.9 Å². The molecule has 2 aromatic heterocycles. The van der Waals surface area contributed by atoms with Crippen LogP contribution in [0.4, 0.5) is 17.2 Å². The molecule has 0 atom stereocenters. The van der Waals surface area contributed by atoms with E-state index in [1.54, 1.807) is 0 Å². The monoisotopic (exact) mass is 356 g/mol. The third-order valence-corrected chi connectivity index (χ3v) is 2.92. The van der Waals surface area contributed by atoms with Crippen molar-refractivity contribution >= 4 is 28.4 Å². The van der Waals surface area contributed by atoms with Crippen molar-refractivity contribution < 1.29 is 44.5 Å². The van der Waals surface area contributed by atoms with E-state index in [1.165, 1.54) is 19.6 Å². The first-order valence-electron chi connectivity index (χ1n) is 6.33. The van der Waals surface area contributed by atoms with Crippen molar-refractivity contribution in [2.45, 2.75) is 6.92 Å². The van der Waals surface area contributed by atoms with Crippen LogP contribution in [-0.2, 0) is 0 Å². The molecule has 0 radical (unpaired) electrons. The van der Waals surface area contributed by atoms with Crippen LogP contribution >= 0.6 is 0 Å². The van der Waals surface area contributed by atoms with Gasteiger partial charge >= 0.3 is 35.2 Å². The van der Waals surface area contributed by atoms with Crippen molar-refractivity contribution in [3.05, 3.63) is 50.6 Å². The Hall–Kier alpha value is -2.83. The van der Waals surface area contributed by atoms with Crippen LogP contribution in [0.15, 0.2) is 24.8 Å². The smallest absolute Gasteiger partial charge is 0.502 e. The van der Waals surface area contributed by atoms with E-state index in [-0.39, 0.29) is 35.1 Å². The van der Waals surface area contributed by atoms with Gasteiger partial charge < -0.3 is 15.8 Å². The summed E-state index contributed by atoms with van der Waals surface area (Å²) in [5.41, 5.74) is 5.80. The number of hydrogen-bond donors (Lipinski definition) is 3.